The van der Waals surface area contributed by atoms with E-state index in [-0.39, 0.29) is 48.8 Å². The third-order valence-electron chi connectivity index (χ3n) is 3.99. The van der Waals surface area contributed by atoms with Gasteiger partial charge in [-0.15, -0.1) is 0 Å². The minimum atomic E-state index is -3.02. The van der Waals surface area contributed by atoms with Crippen molar-refractivity contribution in [3.05, 3.63) is 0 Å². The Balaban J connectivity index is 1.99. The summed E-state index contributed by atoms with van der Waals surface area (Å²) in [6.45, 7) is 0.256. The van der Waals surface area contributed by atoms with E-state index in [2.05, 4.69) is 0 Å². The Morgan fingerprint density at radius 3 is 2.60 bits per heavy atom. The Kier molecular flexibility index (Phi) is 4.33. The fraction of sp³-hybridized carbons (Fsp3) is 0.833. The van der Waals surface area contributed by atoms with Gasteiger partial charge in [0.25, 0.3) is 0 Å². The summed E-state index contributed by atoms with van der Waals surface area (Å²) in [6.07, 6.45) is 0.584. The predicted molar refractivity (Wildman–Crippen MR) is 69.9 cm³/mol. The number of carboxylic acid groups (broad SMARTS) is 1. The van der Waals surface area contributed by atoms with Gasteiger partial charge in [0, 0.05) is 26.5 Å². The number of hydrogen-bond donors (Lipinski definition) is 1. The average molecular weight is 305 g/mol. The van der Waals surface area contributed by atoms with Gasteiger partial charge in [-0.1, -0.05) is 0 Å². The molecule has 2 fully saturated rings. The van der Waals surface area contributed by atoms with E-state index in [1.54, 1.807) is 0 Å². The molecule has 0 aromatic carbocycles. The number of nitrogens with zero attached hydrogens (tertiary/aromatic N) is 1. The van der Waals surface area contributed by atoms with Crippen LogP contribution in [0.1, 0.15) is 19.3 Å². The molecule has 3 unspecified atom stereocenters. The summed E-state index contributed by atoms with van der Waals surface area (Å²) in [5, 5.41) is 9.14. The normalized spacial score (nSPS) is 32.5. The predicted octanol–water partition coefficient (Wildman–Crippen LogP) is -0.488. The Hall–Kier alpha value is -1.15. The van der Waals surface area contributed by atoms with Gasteiger partial charge >= 0.3 is 5.97 Å². The maximum Gasteiger partial charge on any atom is 0.326 e. The third-order valence-corrected chi connectivity index (χ3v) is 5.83. The van der Waals surface area contributed by atoms with Gasteiger partial charge in [0.05, 0.1) is 17.6 Å². The fourth-order valence-electron chi connectivity index (χ4n) is 2.88. The van der Waals surface area contributed by atoms with Gasteiger partial charge in [-0.05, 0) is 12.3 Å². The molecule has 8 heteroatoms. The molecule has 2 rings (SSSR count). The van der Waals surface area contributed by atoms with Gasteiger partial charge in [-0.25, -0.2) is 13.2 Å². The number of sulfone groups is 1. The molecule has 0 bridgehead atoms. The highest BCUT2D eigenvalue weighted by Crippen LogP contribution is 2.26. The van der Waals surface area contributed by atoms with Crippen molar-refractivity contribution in [1.82, 2.24) is 4.90 Å². The summed E-state index contributed by atoms with van der Waals surface area (Å²) < 4.78 is 27.9. The van der Waals surface area contributed by atoms with Crippen LogP contribution < -0.4 is 0 Å². The van der Waals surface area contributed by atoms with E-state index in [1.165, 1.54) is 12.0 Å². The second-order valence-corrected chi connectivity index (χ2v) is 7.70. The van der Waals surface area contributed by atoms with Crippen LogP contribution in [0.5, 0.6) is 0 Å². The van der Waals surface area contributed by atoms with Crippen molar-refractivity contribution >= 4 is 21.7 Å². The van der Waals surface area contributed by atoms with Crippen LogP contribution >= 0.6 is 0 Å². The van der Waals surface area contributed by atoms with Crippen molar-refractivity contribution in [3.63, 3.8) is 0 Å². The minimum Gasteiger partial charge on any atom is -0.480 e. The summed E-state index contributed by atoms with van der Waals surface area (Å²) in [6, 6.07) is -0.870. The van der Waals surface area contributed by atoms with Gasteiger partial charge in [-0.2, -0.15) is 0 Å². The summed E-state index contributed by atoms with van der Waals surface area (Å²) in [4.78, 5) is 24.7. The van der Waals surface area contributed by atoms with Crippen LogP contribution in [-0.4, -0.2) is 67.6 Å². The first-order valence-electron chi connectivity index (χ1n) is 6.58. The highest BCUT2D eigenvalue weighted by molar-refractivity contribution is 7.91. The largest absolute Gasteiger partial charge is 0.480 e. The number of rotatable bonds is 4. The Bertz CT molecular complexity index is 502. The first-order chi connectivity index (χ1) is 9.32. The monoisotopic (exact) mass is 305 g/mol. The van der Waals surface area contributed by atoms with Crippen LogP contribution in [0, 0.1) is 5.92 Å². The van der Waals surface area contributed by atoms with Gasteiger partial charge in [0.1, 0.15) is 6.04 Å². The molecule has 2 saturated heterocycles. The van der Waals surface area contributed by atoms with Crippen molar-refractivity contribution in [1.29, 1.82) is 0 Å². The molecule has 1 amide bonds. The molecular weight excluding hydrogens is 286 g/mol. The molecule has 1 N–H and O–H groups in total. The van der Waals surface area contributed by atoms with E-state index in [0.29, 0.717) is 6.42 Å². The number of carbonyl (C=O) groups is 2. The topological polar surface area (TPSA) is 101 Å². The van der Waals surface area contributed by atoms with Crippen molar-refractivity contribution in [2.24, 2.45) is 5.92 Å². The lowest BCUT2D eigenvalue weighted by atomic mass is 10.0. The molecule has 0 saturated carbocycles. The van der Waals surface area contributed by atoms with E-state index in [9.17, 15) is 18.0 Å². The lowest BCUT2D eigenvalue weighted by Gasteiger charge is -2.22. The van der Waals surface area contributed by atoms with Gasteiger partial charge in [-0.3, -0.25) is 4.79 Å². The standard InChI is InChI=1S/C12H19NO6S/c1-19-9-5-10(12(15)16)13(6-9)11(14)4-8-2-3-20(17,18)7-8/h8-10H,2-7H2,1H3,(H,15,16). The van der Waals surface area contributed by atoms with E-state index < -0.39 is 21.8 Å². The second-order valence-electron chi connectivity index (χ2n) is 5.47. The fourth-order valence-corrected chi connectivity index (χ4v) is 4.74. The number of methoxy groups -OCH3 is 1. The lowest BCUT2D eigenvalue weighted by molar-refractivity contribution is -0.148. The van der Waals surface area contributed by atoms with Gasteiger partial charge in [0.15, 0.2) is 9.84 Å². The average Bonchev–Trinajstić information content (AvgIpc) is 2.92. The number of hydrogen-bond acceptors (Lipinski definition) is 5. The molecule has 20 heavy (non-hydrogen) atoms. The molecule has 0 spiro atoms. The molecule has 0 aromatic rings. The van der Waals surface area contributed by atoms with E-state index >= 15 is 0 Å². The van der Waals surface area contributed by atoms with Crippen molar-refractivity contribution in [3.8, 4) is 0 Å². The molecule has 2 heterocycles. The molecule has 2 aliphatic heterocycles. The Morgan fingerprint density at radius 1 is 1.40 bits per heavy atom. The first-order valence-corrected chi connectivity index (χ1v) is 8.40. The number of ether oxygens (including phenoxy) is 1. The molecule has 2 aliphatic rings. The van der Waals surface area contributed by atoms with Gasteiger partial charge < -0.3 is 14.7 Å². The van der Waals surface area contributed by atoms with E-state index in [1.807, 2.05) is 0 Å². The van der Waals surface area contributed by atoms with Crippen LogP contribution in [-0.2, 0) is 24.2 Å². The molecule has 0 aliphatic carbocycles. The summed E-state index contributed by atoms with van der Waals surface area (Å²) >= 11 is 0. The van der Waals surface area contributed by atoms with E-state index in [0.717, 1.165) is 0 Å². The smallest absolute Gasteiger partial charge is 0.326 e. The van der Waals surface area contributed by atoms with Crippen LogP contribution in [0.2, 0.25) is 0 Å². The van der Waals surface area contributed by atoms with E-state index in [4.69, 9.17) is 9.84 Å². The maximum atomic E-state index is 12.2. The highest BCUT2D eigenvalue weighted by Gasteiger charge is 2.41. The number of carboxylic acids is 1. The SMILES string of the molecule is COC1CC(C(=O)O)N(C(=O)CC2CCS(=O)(=O)C2)C1. The Labute approximate surface area is 117 Å². The number of amides is 1. The third kappa shape index (κ3) is 3.29. The first kappa shape index (κ1) is 15.2. The molecular formula is C12H19NO6S. The summed E-state index contributed by atoms with van der Waals surface area (Å²) in [5.41, 5.74) is 0. The van der Waals surface area contributed by atoms with Crippen molar-refractivity contribution in [2.45, 2.75) is 31.4 Å². The second kappa shape index (κ2) is 5.69. The quantitative estimate of drug-likeness (QED) is 0.752. The highest BCUT2D eigenvalue weighted by atomic mass is 32.2. The summed E-state index contributed by atoms with van der Waals surface area (Å²) in [7, 11) is -1.53. The van der Waals surface area contributed by atoms with Crippen LogP contribution in [0.3, 0.4) is 0 Å². The van der Waals surface area contributed by atoms with Crippen LogP contribution in [0.25, 0.3) is 0 Å². The molecule has 114 valence electrons. The van der Waals surface area contributed by atoms with Crippen molar-refractivity contribution < 1.29 is 27.9 Å². The summed E-state index contributed by atoms with van der Waals surface area (Å²) in [5.74, 6) is -1.38. The maximum absolute atomic E-state index is 12.2. The number of carbonyl (C=O) groups excluding carboxylic acids is 1. The zero-order valence-corrected chi connectivity index (χ0v) is 12.1. The number of likely N-dealkylation sites (tertiary alicyclic amines) is 1. The zero-order valence-electron chi connectivity index (χ0n) is 11.3. The Morgan fingerprint density at radius 2 is 2.10 bits per heavy atom. The number of aliphatic carboxylic acids is 1. The molecule has 7 nitrogen and oxygen atoms in total. The van der Waals surface area contributed by atoms with Crippen LogP contribution in [0.4, 0.5) is 0 Å². The van der Waals surface area contributed by atoms with Crippen molar-refractivity contribution in [2.75, 3.05) is 25.2 Å². The zero-order chi connectivity index (χ0) is 14.9. The lowest BCUT2D eigenvalue weighted by Crippen LogP contribution is -2.41. The van der Waals surface area contributed by atoms with Gasteiger partial charge in [0.2, 0.25) is 5.91 Å². The minimum absolute atomic E-state index is 0.0258. The van der Waals surface area contributed by atoms with Crippen LogP contribution in [0.15, 0.2) is 0 Å². The molecule has 0 aromatic heterocycles. The molecule has 0 radical (unpaired) electrons. The molecule has 3 atom stereocenters.